The molecule has 3 rings (SSSR count). The van der Waals surface area contributed by atoms with Crippen molar-refractivity contribution in [3.8, 4) is 5.75 Å². The van der Waals surface area contributed by atoms with Crippen LogP contribution in [0.2, 0.25) is 0 Å². The van der Waals surface area contributed by atoms with Crippen LogP contribution in [0.4, 0.5) is 10.5 Å². The number of fused-ring (bicyclic) bond motifs is 1. The van der Waals surface area contributed by atoms with E-state index in [1.54, 1.807) is 7.11 Å². The summed E-state index contributed by atoms with van der Waals surface area (Å²) in [7, 11) is 1.65. The quantitative estimate of drug-likeness (QED) is 0.830. The third-order valence-corrected chi connectivity index (χ3v) is 5.02. The fourth-order valence-corrected chi connectivity index (χ4v) is 3.48. The van der Waals surface area contributed by atoms with Crippen molar-refractivity contribution in [3.05, 3.63) is 59.7 Å². The third-order valence-electron chi connectivity index (χ3n) is 5.02. The maximum absolute atomic E-state index is 12.4. The molecule has 0 saturated carbocycles. The molecule has 0 unspecified atom stereocenters. The number of amides is 1. The lowest BCUT2D eigenvalue weighted by Gasteiger charge is -2.39. The highest BCUT2D eigenvalue weighted by Crippen LogP contribution is 2.39. The minimum absolute atomic E-state index is 0.130. The van der Waals surface area contributed by atoms with Gasteiger partial charge in [-0.3, -0.25) is 0 Å². The summed E-state index contributed by atoms with van der Waals surface area (Å²) in [5.41, 5.74) is 3.02. The SMILES string of the molecule is CC[C@H]1Nc2ccc(OC)cc2[C@@H](NC(=O)OCc2ccccc2)[C@@H]1C. The number of benzene rings is 2. The Balaban J connectivity index is 1.75. The topological polar surface area (TPSA) is 59.6 Å². The molecule has 0 spiro atoms. The van der Waals surface area contributed by atoms with Crippen molar-refractivity contribution >= 4 is 11.8 Å². The van der Waals surface area contributed by atoms with E-state index in [2.05, 4.69) is 24.5 Å². The first kappa shape index (κ1) is 18.1. The van der Waals surface area contributed by atoms with Crippen molar-refractivity contribution < 1.29 is 14.3 Å². The number of alkyl carbamates (subject to hydrolysis) is 1. The van der Waals surface area contributed by atoms with Gasteiger partial charge in [0.15, 0.2) is 0 Å². The van der Waals surface area contributed by atoms with Crippen molar-refractivity contribution in [3.63, 3.8) is 0 Å². The summed E-state index contributed by atoms with van der Waals surface area (Å²) in [6, 6.07) is 15.8. The number of hydrogen-bond acceptors (Lipinski definition) is 4. The van der Waals surface area contributed by atoms with Crippen molar-refractivity contribution in [2.24, 2.45) is 5.92 Å². The summed E-state index contributed by atoms with van der Waals surface area (Å²) < 4.78 is 10.8. The van der Waals surface area contributed by atoms with Gasteiger partial charge in [-0.2, -0.15) is 0 Å². The number of anilines is 1. The number of carbonyl (C=O) groups is 1. The Labute approximate surface area is 154 Å². The Morgan fingerprint density at radius 3 is 2.65 bits per heavy atom. The van der Waals surface area contributed by atoms with Gasteiger partial charge in [0.1, 0.15) is 12.4 Å². The molecule has 0 aromatic heterocycles. The minimum atomic E-state index is -0.406. The highest BCUT2D eigenvalue weighted by molar-refractivity contribution is 5.70. The first-order valence-corrected chi connectivity index (χ1v) is 9.04. The van der Waals surface area contributed by atoms with E-state index in [-0.39, 0.29) is 24.6 Å². The molecule has 2 aromatic carbocycles. The molecule has 0 radical (unpaired) electrons. The lowest BCUT2D eigenvalue weighted by Crippen LogP contribution is -2.43. The molecule has 1 aliphatic heterocycles. The Morgan fingerprint density at radius 1 is 1.19 bits per heavy atom. The number of ether oxygens (including phenoxy) is 2. The first-order chi connectivity index (χ1) is 12.6. The smallest absolute Gasteiger partial charge is 0.407 e. The molecular formula is C21H26N2O3. The van der Waals surface area contributed by atoms with Crippen LogP contribution in [0.1, 0.15) is 37.4 Å². The minimum Gasteiger partial charge on any atom is -0.497 e. The Morgan fingerprint density at radius 2 is 1.96 bits per heavy atom. The number of nitrogens with one attached hydrogen (secondary N) is 2. The molecule has 26 heavy (non-hydrogen) atoms. The van der Waals surface area contributed by atoms with Crippen LogP contribution < -0.4 is 15.4 Å². The molecule has 5 heteroatoms. The molecule has 3 atom stereocenters. The summed E-state index contributed by atoms with van der Waals surface area (Å²) >= 11 is 0. The molecular weight excluding hydrogens is 328 g/mol. The summed E-state index contributed by atoms with van der Waals surface area (Å²) in [5, 5.41) is 6.62. The number of rotatable bonds is 5. The molecule has 2 aromatic rings. The van der Waals surface area contributed by atoms with Crippen LogP contribution in [-0.4, -0.2) is 19.2 Å². The molecule has 0 bridgehead atoms. The predicted molar refractivity (Wildman–Crippen MR) is 102 cm³/mol. The van der Waals surface area contributed by atoms with Crippen LogP contribution in [0.25, 0.3) is 0 Å². The highest BCUT2D eigenvalue weighted by Gasteiger charge is 2.34. The lowest BCUT2D eigenvalue weighted by molar-refractivity contribution is 0.130. The Hall–Kier alpha value is -2.69. The van der Waals surface area contributed by atoms with Crippen molar-refractivity contribution in [1.82, 2.24) is 5.32 Å². The van der Waals surface area contributed by atoms with Crippen LogP contribution in [0.5, 0.6) is 5.75 Å². The van der Waals surface area contributed by atoms with E-state index in [0.717, 1.165) is 29.0 Å². The monoisotopic (exact) mass is 354 g/mol. The Bertz CT molecular complexity index is 748. The third kappa shape index (κ3) is 3.93. The number of carbonyl (C=O) groups excluding carboxylic acids is 1. The zero-order valence-electron chi connectivity index (χ0n) is 15.5. The first-order valence-electron chi connectivity index (χ1n) is 9.04. The molecule has 0 saturated heterocycles. The molecule has 5 nitrogen and oxygen atoms in total. The van der Waals surface area contributed by atoms with Crippen molar-refractivity contribution in [2.75, 3.05) is 12.4 Å². The van der Waals surface area contributed by atoms with E-state index >= 15 is 0 Å². The summed E-state index contributed by atoms with van der Waals surface area (Å²) in [4.78, 5) is 12.4. The number of hydrogen-bond donors (Lipinski definition) is 2. The predicted octanol–water partition coefficient (Wildman–Crippen LogP) is 4.50. The van der Waals surface area contributed by atoms with E-state index in [9.17, 15) is 4.79 Å². The highest BCUT2D eigenvalue weighted by atomic mass is 16.5. The van der Waals surface area contributed by atoms with Gasteiger partial charge in [0.05, 0.1) is 13.2 Å². The van der Waals surface area contributed by atoms with Gasteiger partial charge in [0, 0.05) is 23.2 Å². The van der Waals surface area contributed by atoms with Gasteiger partial charge in [-0.05, 0) is 30.2 Å². The van der Waals surface area contributed by atoms with Crippen molar-refractivity contribution in [2.45, 2.75) is 39.0 Å². The molecule has 2 N–H and O–H groups in total. The van der Waals surface area contributed by atoms with E-state index in [4.69, 9.17) is 9.47 Å². The van der Waals surface area contributed by atoms with Gasteiger partial charge in [0.25, 0.3) is 0 Å². The second kappa shape index (κ2) is 8.13. The largest absolute Gasteiger partial charge is 0.497 e. The van der Waals surface area contributed by atoms with Gasteiger partial charge in [0.2, 0.25) is 0 Å². The van der Waals surface area contributed by atoms with Crippen LogP contribution in [0.15, 0.2) is 48.5 Å². The molecule has 138 valence electrons. The average Bonchev–Trinajstić information content (AvgIpc) is 2.68. The zero-order valence-corrected chi connectivity index (χ0v) is 15.5. The van der Waals surface area contributed by atoms with Crippen LogP contribution >= 0.6 is 0 Å². The van der Waals surface area contributed by atoms with Gasteiger partial charge in [-0.15, -0.1) is 0 Å². The normalized spacial score (nSPS) is 21.3. The fraction of sp³-hybridized carbons (Fsp3) is 0.381. The van der Waals surface area contributed by atoms with Crippen LogP contribution in [-0.2, 0) is 11.3 Å². The number of methoxy groups -OCH3 is 1. The van der Waals surface area contributed by atoms with Gasteiger partial charge in [-0.25, -0.2) is 4.79 Å². The maximum Gasteiger partial charge on any atom is 0.407 e. The molecule has 0 aliphatic carbocycles. The van der Waals surface area contributed by atoms with Crippen LogP contribution in [0, 0.1) is 5.92 Å². The molecule has 1 aliphatic rings. The molecule has 0 fully saturated rings. The summed E-state index contributed by atoms with van der Waals surface area (Å²) in [6.45, 7) is 4.55. The summed E-state index contributed by atoms with van der Waals surface area (Å²) in [5.74, 6) is 1.00. The molecule has 1 heterocycles. The van der Waals surface area contributed by atoms with Crippen LogP contribution in [0.3, 0.4) is 0 Å². The van der Waals surface area contributed by atoms with Gasteiger partial charge >= 0.3 is 6.09 Å². The van der Waals surface area contributed by atoms with Gasteiger partial charge < -0.3 is 20.1 Å². The standard InChI is InChI=1S/C21H26N2O3/c1-4-18-14(2)20(17-12-16(25-3)10-11-19(17)22-18)23-21(24)26-13-15-8-6-5-7-9-15/h5-12,14,18,20,22H,4,13H2,1-3H3,(H,23,24)/t14-,18-,20+/m1/s1. The van der Waals surface area contributed by atoms with E-state index in [1.807, 2.05) is 48.5 Å². The fourth-order valence-electron chi connectivity index (χ4n) is 3.48. The summed E-state index contributed by atoms with van der Waals surface area (Å²) in [6.07, 6.45) is 0.570. The lowest BCUT2D eigenvalue weighted by atomic mass is 9.82. The Kier molecular flexibility index (Phi) is 5.66. The second-order valence-electron chi connectivity index (χ2n) is 6.66. The maximum atomic E-state index is 12.4. The molecule has 1 amide bonds. The van der Waals surface area contributed by atoms with E-state index < -0.39 is 6.09 Å². The van der Waals surface area contributed by atoms with Crippen molar-refractivity contribution in [1.29, 1.82) is 0 Å². The van der Waals surface area contributed by atoms with Gasteiger partial charge in [-0.1, -0.05) is 44.2 Å². The van der Waals surface area contributed by atoms with E-state index in [0.29, 0.717) is 0 Å². The average molecular weight is 354 g/mol. The zero-order chi connectivity index (χ0) is 18.5. The second-order valence-corrected chi connectivity index (χ2v) is 6.66. The van der Waals surface area contributed by atoms with E-state index in [1.165, 1.54) is 0 Å².